The lowest BCUT2D eigenvalue weighted by atomic mass is 10.0. The van der Waals surface area contributed by atoms with Crippen LogP contribution in [0, 0.1) is 0 Å². The third kappa shape index (κ3) is 5.38. The molecule has 4 atom stereocenters. The molecule has 0 heterocycles. The fourth-order valence-corrected chi connectivity index (χ4v) is 0.930. The van der Waals surface area contributed by atoms with E-state index in [4.69, 9.17) is 20.1 Å². The van der Waals surface area contributed by atoms with E-state index in [1.807, 2.05) is 0 Å². The molecule has 0 aliphatic carbocycles. The van der Waals surface area contributed by atoms with Crippen molar-refractivity contribution >= 4 is 0 Å². The van der Waals surface area contributed by atoms with Crippen molar-refractivity contribution in [1.82, 2.24) is 0 Å². The van der Waals surface area contributed by atoms with Gasteiger partial charge < -0.3 is 35.4 Å². The number of hydrogen-bond donors (Lipinski definition) is 6. The lowest BCUT2D eigenvalue weighted by Crippen LogP contribution is -2.47. The lowest BCUT2D eigenvalue weighted by molar-refractivity contribution is -0.129. The van der Waals surface area contributed by atoms with Gasteiger partial charge in [-0.1, -0.05) is 0 Å². The smallest absolute Gasteiger partial charge is 0.111 e. The summed E-state index contributed by atoms with van der Waals surface area (Å²) in [6, 6.07) is 0. The molecule has 0 radical (unpaired) electrons. The maximum atomic E-state index is 9.27. The van der Waals surface area contributed by atoms with Gasteiger partial charge in [-0.05, 0) is 0 Å². The van der Waals surface area contributed by atoms with Crippen molar-refractivity contribution in [3.63, 3.8) is 0 Å². The van der Waals surface area contributed by atoms with Crippen molar-refractivity contribution in [2.75, 3.05) is 26.4 Å². The number of ether oxygens (including phenoxy) is 1. The van der Waals surface area contributed by atoms with E-state index in [1.165, 1.54) is 0 Å². The molecule has 0 fully saturated rings. The lowest BCUT2D eigenvalue weighted by Gasteiger charge is -2.25. The molecule has 0 amide bonds. The topological polar surface area (TPSA) is 131 Å². The van der Waals surface area contributed by atoms with Crippen LogP contribution in [0.1, 0.15) is 0 Å². The largest absolute Gasteiger partial charge is 0.394 e. The molecular formula is C8H18O7. The van der Waals surface area contributed by atoms with Crippen LogP contribution in [0.2, 0.25) is 0 Å². The Kier molecular flexibility index (Phi) is 7.79. The van der Waals surface area contributed by atoms with Crippen LogP contribution in [0.25, 0.3) is 0 Å². The van der Waals surface area contributed by atoms with E-state index in [9.17, 15) is 15.3 Å². The molecule has 0 spiro atoms. The van der Waals surface area contributed by atoms with E-state index in [0.717, 1.165) is 0 Å². The minimum Gasteiger partial charge on any atom is -0.394 e. The molecule has 7 nitrogen and oxygen atoms in total. The molecule has 0 aromatic heterocycles. The van der Waals surface area contributed by atoms with E-state index in [1.54, 1.807) is 0 Å². The predicted molar refractivity (Wildman–Crippen MR) is 49.0 cm³/mol. The molecule has 0 aliphatic heterocycles. The van der Waals surface area contributed by atoms with Crippen LogP contribution in [-0.2, 0) is 4.74 Å². The van der Waals surface area contributed by atoms with Gasteiger partial charge in [-0.3, -0.25) is 0 Å². The first-order chi connectivity index (χ1) is 7.04. The number of aliphatic hydroxyl groups excluding tert-OH is 6. The van der Waals surface area contributed by atoms with Crippen LogP contribution in [0.15, 0.2) is 0 Å². The fourth-order valence-electron chi connectivity index (χ4n) is 0.930. The highest BCUT2D eigenvalue weighted by atomic mass is 16.5. The van der Waals surface area contributed by atoms with Crippen LogP contribution in [0.3, 0.4) is 0 Å². The highest BCUT2D eigenvalue weighted by molar-refractivity contribution is 4.80. The zero-order valence-corrected chi connectivity index (χ0v) is 8.23. The molecule has 0 aliphatic rings. The molecule has 0 aromatic rings. The summed E-state index contributed by atoms with van der Waals surface area (Å²) in [6.07, 6.45) is -6.19. The second-order valence-corrected chi connectivity index (χ2v) is 3.10. The summed E-state index contributed by atoms with van der Waals surface area (Å²) in [6.45, 7) is -1.22. The highest BCUT2D eigenvalue weighted by Gasteiger charge is 2.29. The van der Waals surface area contributed by atoms with Gasteiger partial charge in [0.1, 0.15) is 24.4 Å². The second kappa shape index (κ2) is 7.94. The zero-order valence-electron chi connectivity index (χ0n) is 8.23. The Bertz CT molecular complexity index is 154. The standard InChI is InChI=1S/C8H18O7/c9-1-2-15-4-6(12)8(14)7(13)5(11)3-10/h5-14H,1-4H2/t5-,6+,7-,8-/m1/s1. The van der Waals surface area contributed by atoms with Gasteiger partial charge in [0.25, 0.3) is 0 Å². The summed E-state index contributed by atoms with van der Waals surface area (Å²) >= 11 is 0. The van der Waals surface area contributed by atoms with Gasteiger partial charge in [0.05, 0.1) is 26.4 Å². The molecule has 92 valence electrons. The van der Waals surface area contributed by atoms with Crippen molar-refractivity contribution in [2.45, 2.75) is 24.4 Å². The Morgan fingerprint density at radius 3 is 1.87 bits per heavy atom. The summed E-state index contributed by atoms with van der Waals surface area (Å²) in [5.74, 6) is 0. The summed E-state index contributed by atoms with van der Waals surface area (Å²) < 4.78 is 4.71. The first-order valence-corrected chi connectivity index (χ1v) is 4.56. The van der Waals surface area contributed by atoms with Crippen molar-refractivity contribution in [3.8, 4) is 0 Å². The van der Waals surface area contributed by atoms with Crippen LogP contribution in [0.5, 0.6) is 0 Å². The predicted octanol–water partition coefficient (Wildman–Crippen LogP) is -3.57. The monoisotopic (exact) mass is 226 g/mol. The molecule has 15 heavy (non-hydrogen) atoms. The van der Waals surface area contributed by atoms with Gasteiger partial charge in [-0.2, -0.15) is 0 Å². The minimum atomic E-state index is -1.65. The van der Waals surface area contributed by atoms with E-state index in [-0.39, 0.29) is 19.8 Å². The first-order valence-electron chi connectivity index (χ1n) is 4.56. The van der Waals surface area contributed by atoms with Crippen LogP contribution < -0.4 is 0 Å². The van der Waals surface area contributed by atoms with Crippen molar-refractivity contribution in [2.24, 2.45) is 0 Å². The van der Waals surface area contributed by atoms with Crippen LogP contribution >= 0.6 is 0 Å². The molecule has 7 heteroatoms. The third-order valence-electron chi connectivity index (χ3n) is 1.85. The van der Waals surface area contributed by atoms with Crippen molar-refractivity contribution in [3.05, 3.63) is 0 Å². The Balaban J connectivity index is 3.90. The fraction of sp³-hybridized carbons (Fsp3) is 1.00. The van der Waals surface area contributed by atoms with Gasteiger partial charge in [-0.15, -0.1) is 0 Å². The normalized spacial score (nSPS) is 19.6. The average Bonchev–Trinajstić information content (AvgIpc) is 2.26. The Morgan fingerprint density at radius 2 is 1.40 bits per heavy atom. The van der Waals surface area contributed by atoms with Gasteiger partial charge >= 0.3 is 0 Å². The Hall–Kier alpha value is -0.280. The minimum absolute atomic E-state index is 0.00241. The Labute approximate surface area is 87.2 Å². The van der Waals surface area contributed by atoms with Crippen molar-refractivity contribution < 1.29 is 35.4 Å². The highest BCUT2D eigenvalue weighted by Crippen LogP contribution is 2.05. The SMILES string of the molecule is OCCOC[C@H](O)[C@@H](O)[C@H](O)[C@H](O)CO. The summed E-state index contributed by atoms with van der Waals surface area (Å²) in [4.78, 5) is 0. The molecular weight excluding hydrogens is 208 g/mol. The first kappa shape index (κ1) is 14.7. The Morgan fingerprint density at radius 1 is 0.867 bits per heavy atom. The van der Waals surface area contributed by atoms with Gasteiger partial charge in [0.15, 0.2) is 0 Å². The maximum absolute atomic E-state index is 9.27. The molecule has 0 aromatic carbocycles. The van der Waals surface area contributed by atoms with E-state index < -0.39 is 31.0 Å². The van der Waals surface area contributed by atoms with Gasteiger partial charge in [0, 0.05) is 0 Å². The average molecular weight is 226 g/mol. The molecule has 0 unspecified atom stereocenters. The van der Waals surface area contributed by atoms with E-state index in [2.05, 4.69) is 0 Å². The van der Waals surface area contributed by atoms with E-state index >= 15 is 0 Å². The zero-order chi connectivity index (χ0) is 11.8. The molecule has 6 N–H and O–H groups in total. The maximum Gasteiger partial charge on any atom is 0.111 e. The second-order valence-electron chi connectivity index (χ2n) is 3.10. The number of aliphatic hydroxyl groups is 6. The molecule has 0 saturated carbocycles. The van der Waals surface area contributed by atoms with E-state index in [0.29, 0.717) is 0 Å². The third-order valence-corrected chi connectivity index (χ3v) is 1.85. The molecule has 0 rings (SSSR count). The molecule has 0 saturated heterocycles. The van der Waals surface area contributed by atoms with Crippen LogP contribution in [0.4, 0.5) is 0 Å². The summed E-state index contributed by atoms with van der Waals surface area (Å²) in [5.41, 5.74) is 0. The van der Waals surface area contributed by atoms with Gasteiger partial charge in [0.2, 0.25) is 0 Å². The quantitative estimate of drug-likeness (QED) is 0.236. The number of rotatable bonds is 8. The summed E-state index contributed by atoms with van der Waals surface area (Å²) in [5, 5.41) is 53.5. The van der Waals surface area contributed by atoms with Gasteiger partial charge in [-0.25, -0.2) is 0 Å². The van der Waals surface area contributed by atoms with Crippen LogP contribution in [-0.4, -0.2) is 81.5 Å². The molecule has 0 bridgehead atoms. The number of hydrogen-bond acceptors (Lipinski definition) is 7. The van der Waals surface area contributed by atoms with Crippen molar-refractivity contribution in [1.29, 1.82) is 0 Å². The summed E-state index contributed by atoms with van der Waals surface area (Å²) in [7, 11) is 0.